The maximum absolute atomic E-state index is 12.9. The van der Waals surface area contributed by atoms with Gasteiger partial charge in [0, 0.05) is 54.8 Å². The summed E-state index contributed by atoms with van der Waals surface area (Å²) in [6.07, 6.45) is 1.84. The van der Waals surface area contributed by atoms with Gasteiger partial charge < -0.3 is 15.5 Å². The molecule has 8 nitrogen and oxygen atoms in total. The van der Waals surface area contributed by atoms with Gasteiger partial charge in [-0.05, 0) is 54.9 Å². The molecule has 2 amide bonds. The molecule has 0 saturated carbocycles. The Kier molecular flexibility index (Phi) is 28.5. The van der Waals surface area contributed by atoms with Gasteiger partial charge in [-0.1, -0.05) is 89.2 Å². The molecule has 2 atom stereocenters. The fraction of sp³-hybridized carbons (Fsp3) is 0.462. The summed E-state index contributed by atoms with van der Waals surface area (Å²) in [5.41, 5.74) is 8.18. The van der Waals surface area contributed by atoms with Crippen molar-refractivity contribution in [1.29, 1.82) is 0 Å². The fourth-order valence-electron chi connectivity index (χ4n) is 5.84. The van der Waals surface area contributed by atoms with Gasteiger partial charge in [0.05, 0.1) is 34.1 Å². The summed E-state index contributed by atoms with van der Waals surface area (Å²) in [5.74, 6) is 0. The SMILES string of the molecule is C.C.C.C.C.C.C.C.C[C@H]1Cc2[nH][n+](C)c(-c3cccs3)c2CN1C(=O)Nc1cccc(Cl)c1.C[C@H]1Cc2nn(C)c(-c3cccs3)c2CN1.S.S. The molecule has 1 aromatic carbocycles. The van der Waals surface area contributed by atoms with E-state index in [9.17, 15) is 4.79 Å². The third-order valence-corrected chi connectivity index (χ3v) is 9.84. The van der Waals surface area contributed by atoms with Gasteiger partial charge >= 0.3 is 6.03 Å². The zero-order valence-electron chi connectivity index (χ0n) is 25.1. The first kappa shape index (κ1) is 58.6. The van der Waals surface area contributed by atoms with E-state index in [2.05, 4.69) is 74.4 Å². The molecule has 7 rings (SSSR count). The Morgan fingerprint density at radius 2 is 1.52 bits per heavy atom. The van der Waals surface area contributed by atoms with Crippen LogP contribution in [0.25, 0.3) is 21.1 Å². The predicted octanol–water partition coefficient (Wildman–Crippen LogP) is 11.7. The lowest BCUT2D eigenvalue weighted by Crippen LogP contribution is -2.44. The number of hydrogen-bond donors (Lipinski definition) is 3. The number of benzene rings is 1. The molecule has 0 bridgehead atoms. The van der Waals surface area contributed by atoms with E-state index in [-0.39, 0.29) is 98.5 Å². The Morgan fingerprint density at radius 1 is 0.904 bits per heavy atom. The van der Waals surface area contributed by atoms with E-state index in [1.54, 1.807) is 34.8 Å². The number of rotatable bonds is 3. The van der Waals surface area contributed by atoms with Crippen molar-refractivity contribution < 1.29 is 9.48 Å². The predicted molar refractivity (Wildman–Crippen MR) is 246 cm³/mol. The highest BCUT2D eigenvalue weighted by Crippen LogP contribution is 2.33. The minimum atomic E-state index is -0.105. The van der Waals surface area contributed by atoms with Crippen molar-refractivity contribution in [2.45, 2.75) is 111 Å². The zero-order chi connectivity index (χ0) is 29.4. The first-order valence-corrected chi connectivity index (χ1v) is 16.2. The van der Waals surface area contributed by atoms with Crippen molar-refractivity contribution in [2.75, 3.05) is 5.32 Å². The maximum atomic E-state index is 12.9. The van der Waals surface area contributed by atoms with Gasteiger partial charge in [0.15, 0.2) is 7.05 Å². The van der Waals surface area contributed by atoms with E-state index >= 15 is 0 Å². The summed E-state index contributed by atoms with van der Waals surface area (Å²) < 4.78 is 4.08. The standard InChI is InChI=1S/C19H19ClN4OS.C12H15N3S.8CH4.2H2S/c1-12-9-16-15(18(23(2)22-16)17-7-4-8-26-17)11-24(12)19(25)21-14-6-3-5-13(20)10-14;1-8-6-10-9(7-13-8)12(15(2)14-10)11-4-3-5-16-11;;;;;;;;;;/h3-8,10,12H,9,11H2,1-2H3,(H,21,25);3-5,8,13H,6-7H2,1-2H3;8*1H4;2*1H2/p+1/t12-;8-;;;;;;;;;;/m00........../s1. The van der Waals surface area contributed by atoms with Crippen LogP contribution in [0.4, 0.5) is 10.5 Å². The molecule has 0 radical (unpaired) electrons. The lowest BCUT2D eigenvalue weighted by Gasteiger charge is -2.32. The van der Waals surface area contributed by atoms with Crippen molar-refractivity contribution in [3.05, 3.63) is 86.8 Å². The topological polar surface area (TPSA) is 81.9 Å². The van der Waals surface area contributed by atoms with Crippen molar-refractivity contribution in [1.82, 2.24) is 25.1 Å². The Morgan fingerprint density at radius 3 is 2.10 bits per heavy atom. The normalized spacial score (nSPS) is 14.3. The lowest BCUT2D eigenvalue weighted by atomic mass is 9.99. The number of amides is 2. The van der Waals surface area contributed by atoms with Crippen LogP contribution in [-0.4, -0.2) is 37.9 Å². The van der Waals surface area contributed by atoms with Gasteiger partial charge in [-0.15, -0.1) is 27.4 Å². The van der Waals surface area contributed by atoms with Gasteiger partial charge in [0.2, 0.25) is 0 Å². The number of aryl methyl sites for hydroxylation is 2. The molecule has 3 N–H and O–H groups in total. The minimum absolute atomic E-state index is 0. The summed E-state index contributed by atoms with van der Waals surface area (Å²) in [7, 11) is 4.06. The van der Waals surface area contributed by atoms with Crippen LogP contribution in [0.2, 0.25) is 5.02 Å². The van der Waals surface area contributed by atoms with Crippen LogP contribution in [0.15, 0.2) is 59.3 Å². The first-order valence-electron chi connectivity index (χ1n) is 14.1. The van der Waals surface area contributed by atoms with Gasteiger partial charge in [-0.2, -0.15) is 37.2 Å². The molecule has 0 unspecified atom stereocenters. The summed E-state index contributed by atoms with van der Waals surface area (Å²) >= 11 is 9.51. The molecule has 0 spiro atoms. The van der Waals surface area contributed by atoms with E-state index in [1.165, 1.54) is 38.0 Å². The van der Waals surface area contributed by atoms with E-state index < -0.39 is 0 Å². The first-order chi connectivity index (χ1) is 20.3. The van der Waals surface area contributed by atoms with Crippen molar-refractivity contribution >= 4 is 73.0 Å². The molecular formula is C39H71ClN7OS4+. The number of anilines is 1. The second kappa shape index (κ2) is 25.3. The number of aromatic nitrogens is 4. The summed E-state index contributed by atoms with van der Waals surface area (Å²) in [4.78, 5) is 17.3. The summed E-state index contributed by atoms with van der Waals surface area (Å²) in [6, 6.07) is 16.2. The molecule has 2 aliphatic rings. The number of carbonyl (C=O) groups excluding carboxylic acids is 1. The third kappa shape index (κ3) is 12.4. The monoisotopic (exact) mass is 816 g/mol. The number of hydrogen-bond acceptors (Lipinski definition) is 5. The highest BCUT2D eigenvalue weighted by molar-refractivity contribution is 7.59. The highest BCUT2D eigenvalue weighted by atomic mass is 35.5. The minimum Gasteiger partial charge on any atom is -0.317 e. The molecule has 2 aliphatic heterocycles. The van der Waals surface area contributed by atoms with Crippen LogP contribution >= 0.6 is 61.3 Å². The van der Waals surface area contributed by atoms with E-state index in [1.807, 2.05) is 35.8 Å². The molecule has 298 valence electrons. The van der Waals surface area contributed by atoms with Crippen LogP contribution < -0.4 is 15.3 Å². The zero-order valence-corrected chi connectivity index (χ0v) is 29.5. The Bertz CT molecular complexity index is 1700. The average molecular weight is 818 g/mol. The number of aromatic amines is 1. The number of fused-ring (bicyclic) bond motifs is 2. The van der Waals surface area contributed by atoms with Crippen LogP contribution in [0.5, 0.6) is 0 Å². The molecule has 4 aromatic heterocycles. The van der Waals surface area contributed by atoms with Crippen LogP contribution in [0.1, 0.15) is 95.8 Å². The quantitative estimate of drug-likeness (QED) is 0.159. The molecule has 52 heavy (non-hydrogen) atoms. The number of carbonyl (C=O) groups is 1. The van der Waals surface area contributed by atoms with E-state index in [0.29, 0.717) is 23.3 Å². The maximum Gasteiger partial charge on any atom is 0.322 e. The van der Waals surface area contributed by atoms with Crippen molar-refractivity contribution in [3.63, 3.8) is 0 Å². The number of nitrogens with one attached hydrogen (secondary N) is 3. The number of thiophene rings is 2. The molecule has 6 heterocycles. The second-order valence-electron chi connectivity index (χ2n) is 10.9. The highest BCUT2D eigenvalue weighted by Gasteiger charge is 2.35. The molecule has 5 aromatic rings. The number of nitrogens with zero attached hydrogens (tertiary/aromatic N) is 4. The van der Waals surface area contributed by atoms with E-state index in [4.69, 9.17) is 11.6 Å². The van der Waals surface area contributed by atoms with Gasteiger partial charge in [-0.25, -0.2) is 4.79 Å². The fourth-order valence-corrected chi connectivity index (χ4v) is 7.69. The van der Waals surface area contributed by atoms with Crippen LogP contribution in [-0.2, 0) is 40.0 Å². The molecule has 0 saturated heterocycles. The average Bonchev–Trinajstić information content (AvgIpc) is 3.74. The summed E-state index contributed by atoms with van der Waals surface area (Å²) in [5, 5.41) is 19.4. The Labute approximate surface area is 344 Å². The summed E-state index contributed by atoms with van der Waals surface area (Å²) in [6.45, 7) is 5.81. The van der Waals surface area contributed by atoms with Crippen LogP contribution in [0.3, 0.4) is 0 Å². The lowest BCUT2D eigenvalue weighted by molar-refractivity contribution is -0.717. The van der Waals surface area contributed by atoms with Crippen molar-refractivity contribution in [3.8, 4) is 21.1 Å². The molecular weight excluding hydrogens is 746 g/mol. The Hall–Kier alpha value is -2.74. The number of urea groups is 1. The van der Waals surface area contributed by atoms with E-state index in [0.717, 1.165) is 25.1 Å². The van der Waals surface area contributed by atoms with Crippen molar-refractivity contribution in [2.24, 2.45) is 14.1 Å². The smallest absolute Gasteiger partial charge is 0.317 e. The molecule has 0 aliphatic carbocycles. The number of H-pyrrole nitrogens is 1. The van der Waals surface area contributed by atoms with Gasteiger partial charge in [0.25, 0.3) is 5.69 Å². The Balaban J connectivity index is -0.000000253. The van der Waals surface area contributed by atoms with Gasteiger partial charge in [0.1, 0.15) is 4.88 Å². The molecule has 0 fully saturated rings. The second-order valence-corrected chi connectivity index (χ2v) is 13.3. The third-order valence-electron chi connectivity index (χ3n) is 7.85. The van der Waals surface area contributed by atoms with Crippen LogP contribution in [0, 0.1) is 0 Å². The molecule has 13 heteroatoms. The van der Waals surface area contributed by atoms with Gasteiger partial charge in [-0.3, -0.25) is 4.68 Å². The number of halogens is 1. The largest absolute Gasteiger partial charge is 0.322 e.